The molecule has 0 aliphatic carbocycles. The van der Waals surface area contributed by atoms with Crippen LogP contribution in [0.15, 0.2) is 84.0 Å². The number of nitrogens with zero attached hydrogens (tertiary/aromatic N) is 1. The summed E-state index contributed by atoms with van der Waals surface area (Å²) in [4.78, 5) is 15.0. The van der Waals surface area contributed by atoms with Crippen LogP contribution in [0.2, 0.25) is 5.02 Å². The summed E-state index contributed by atoms with van der Waals surface area (Å²) in [5, 5.41) is 9.26. The van der Waals surface area contributed by atoms with Gasteiger partial charge in [-0.1, -0.05) is 35.9 Å². The molecule has 6 nitrogen and oxygen atoms in total. The van der Waals surface area contributed by atoms with E-state index in [1.54, 1.807) is 24.5 Å². The number of carboxylic acids is 1. The number of carbonyl (C=O) groups is 1. The van der Waals surface area contributed by atoms with Crippen LogP contribution in [-0.2, 0) is 14.8 Å². The number of halogens is 1. The van der Waals surface area contributed by atoms with Gasteiger partial charge >= 0.3 is 5.97 Å². The highest BCUT2D eigenvalue weighted by Crippen LogP contribution is 2.26. The molecule has 0 atom stereocenters. The molecule has 0 spiro atoms. The molecule has 0 bridgehead atoms. The third kappa shape index (κ3) is 6.67. The van der Waals surface area contributed by atoms with Crippen molar-refractivity contribution in [1.29, 1.82) is 0 Å². The van der Waals surface area contributed by atoms with Crippen LogP contribution in [0.5, 0.6) is 0 Å². The fourth-order valence-electron chi connectivity index (χ4n) is 3.14. The van der Waals surface area contributed by atoms with Gasteiger partial charge in [-0.15, -0.1) is 0 Å². The van der Waals surface area contributed by atoms with Crippen molar-refractivity contribution >= 4 is 38.9 Å². The minimum absolute atomic E-state index is 0.128. The summed E-state index contributed by atoms with van der Waals surface area (Å²) >= 11 is 5.84. The van der Waals surface area contributed by atoms with Gasteiger partial charge in [-0.05, 0) is 72.9 Å². The van der Waals surface area contributed by atoms with Gasteiger partial charge < -0.3 is 5.11 Å². The smallest absolute Gasteiger partial charge is 0.303 e. The van der Waals surface area contributed by atoms with Crippen LogP contribution in [0.1, 0.15) is 36.8 Å². The molecule has 0 amide bonds. The molecule has 166 valence electrons. The van der Waals surface area contributed by atoms with Crippen LogP contribution in [-0.4, -0.2) is 24.5 Å². The first kappa shape index (κ1) is 23.5. The Morgan fingerprint density at radius 2 is 1.72 bits per heavy atom. The third-order valence-corrected chi connectivity index (χ3v) is 6.39. The summed E-state index contributed by atoms with van der Waals surface area (Å²) in [6.45, 7) is 0. The number of pyridine rings is 1. The van der Waals surface area contributed by atoms with Crippen molar-refractivity contribution in [2.45, 2.75) is 30.6 Å². The number of carboxylic acid groups (broad SMARTS) is 1. The van der Waals surface area contributed by atoms with Crippen LogP contribution in [0, 0.1) is 0 Å². The van der Waals surface area contributed by atoms with Gasteiger partial charge in [-0.3, -0.25) is 14.5 Å². The average molecular weight is 471 g/mol. The highest BCUT2D eigenvalue weighted by Gasteiger charge is 2.14. The van der Waals surface area contributed by atoms with Crippen molar-refractivity contribution in [3.8, 4) is 0 Å². The second-order valence-corrected chi connectivity index (χ2v) is 9.25. The highest BCUT2D eigenvalue weighted by molar-refractivity contribution is 7.92. The minimum Gasteiger partial charge on any atom is -0.481 e. The van der Waals surface area contributed by atoms with Gasteiger partial charge in [0.05, 0.1) is 4.90 Å². The molecule has 2 aromatic carbocycles. The number of hydrogen-bond acceptors (Lipinski definition) is 4. The lowest BCUT2D eigenvalue weighted by molar-refractivity contribution is -0.137. The van der Waals surface area contributed by atoms with Crippen LogP contribution >= 0.6 is 11.6 Å². The van der Waals surface area contributed by atoms with Gasteiger partial charge in [-0.25, -0.2) is 8.42 Å². The molecule has 2 N–H and O–H groups in total. The minimum atomic E-state index is -3.72. The average Bonchev–Trinajstić information content (AvgIpc) is 2.77. The van der Waals surface area contributed by atoms with Crippen molar-refractivity contribution in [1.82, 2.24) is 4.98 Å². The normalized spacial score (nSPS) is 11.8. The first-order valence-electron chi connectivity index (χ1n) is 10.1. The lowest BCUT2D eigenvalue weighted by atomic mass is 9.97. The van der Waals surface area contributed by atoms with Gasteiger partial charge in [0, 0.05) is 35.1 Å². The molecule has 0 saturated carbocycles. The zero-order chi connectivity index (χ0) is 23.0. The number of anilines is 1. The number of aliphatic carboxylic acids is 1. The summed E-state index contributed by atoms with van der Waals surface area (Å²) in [6, 6.07) is 16.9. The van der Waals surface area contributed by atoms with E-state index in [2.05, 4.69) is 15.8 Å². The molecule has 0 unspecified atom stereocenters. The van der Waals surface area contributed by atoms with Crippen LogP contribution < -0.4 is 4.72 Å². The number of nitrogens with one attached hydrogen (secondary N) is 1. The predicted molar refractivity (Wildman–Crippen MR) is 126 cm³/mol. The number of rotatable bonds is 10. The lowest BCUT2D eigenvalue weighted by Gasteiger charge is -2.11. The molecular formula is C24H23ClN2O4S. The Kier molecular flexibility index (Phi) is 8.03. The Bertz CT molecular complexity index is 1180. The van der Waals surface area contributed by atoms with E-state index in [9.17, 15) is 13.2 Å². The Morgan fingerprint density at radius 1 is 1.00 bits per heavy atom. The van der Waals surface area contributed by atoms with E-state index in [4.69, 9.17) is 16.7 Å². The van der Waals surface area contributed by atoms with Crippen molar-refractivity contribution in [2.24, 2.45) is 0 Å². The van der Waals surface area contributed by atoms with Gasteiger partial charge in [0.2, 0.25) is 0 Å². The molecule has 1 heterocycles. The van der Waals surface area contributed by atoms with E-state index < -0.39 is 16.0 Å². The topological polar surface area (TPSA) is 96.4 Å². The van der Waals surface area contributed by atoms with Gasteiger partial charge in [-0.2, -0.15) is 0 Å². The molecule has 3 aromatic rings. The van der Waals surface area contributed by atoms with E-state index in [-0.39, 0.29) is 11.3 Å². The second-order valence-electron chi connectivity index (χ2n) is 7.14. The van der Waals surface area contributed by atoms with Crippen molar-refractivity contribution in [3.63, 3.8) is 0 Å². The van der Waals surface area contributed by atoms with E-state index >= 15 is 0 Å². The molecule has 0 aliphatic rings. The van der Waals surface area contributed by atoms with E-state index in [0.717, 1.165) is 29.5 Å². The number of aromatic nitrogens is 1. The van der Waals surface area contributed by atoms with Crippen LogP contribution in [0.3, 0.4) is 0 Å². The fourth-order valence-corrected chi connectivity index (χ4v) is 4.32. The van der Waals surface area contributed by atoms with Crippen molar-refractivity contribution < 1.29 is 18.3 Å². The monoisotopic (exact) mass is 470 g/mol. The van der Waals surface area contributed by atoms with Crippen molar-refractivity contribution in [3.05, 3.63) is 95.3 Å². The third-order valence-electron chi connectivity index (χ3n) is 4.74. The Morgan fingerprint density at radius 3 is 2.34 bits per heavy atom. The second kappa shape index (κ2) is 10.9. The van der Waals surface area contributed by atoms with Gasteiger partial charge in [0.15, 0.2) is 0 Å². The fraction of sp³-hybridized carbons (Fsp3) is 0.167. The largest absolute Gasteiger partial charge is 0.481 e. The maximum absolute atomic E-state index is 12.6. The van der Waals surface area contributed by atoms with Gasteiger partial charge in [0.25, 0.3) is 10.0 Å². The first-order chi connectivity index (χ1) is 15.3. The zero-order valence-electron chi connectivity index (χ0n) is 17.2. The molecule has 0 aliphatic heterocycles. The molecule has 8 heteroatoms. The number of benzene rings is 2. The van der Waals surface area contributed by atoms with Crippen molar-refractivity contribution in [2.75, 3.05) is 4.72 Å². The first-order valence-corrected chi connectivity index (χ1v) is 11.9. The summed E-state index contributed by atoms with van der Waals surface area (Å²) in [5.41, 5.74) is 3.24. The standard InChI is InChI=1S/C24H23ClN2O4S/c25-20-10-14-22(15-11-20)32(30,31)27-21-12-8-18(9-13-21)23(19-5-4-16-26-17-19)6-2-1-3-7-24(28)29/h4-6,8-17,27H,1-3,7H2,(H,28,29)/b23-6-. The summed E-state index contributed by atoms with van der Waals surface area (Å²) in [6.07, 6.45) is 7.77. The number of unbranched alkanes of at least 4 members (excludes halogenated alkanes) is 2. The summed E-state index contributed by atoms with van der Waals surface area (Å²) in [5.74, 6) is -0.793. The van der Waals surface area contributed by atoms with E-state index in [1.807, 2.05) is 24.3 Å². The van der Waals surface area contributed by atoms with E-state index in [0.29, 0.717) is 17.1 Å². The number of allylic oxidation sites excluding steroid dienone is 1. The lowest BCUT2D eigenvalue weighted by Crippen LogP contribution is -2.12. The molecule has 32 heavy (non-hydrogen) atoms. The molecule has 1 aromatic heterocycles. The Labute approximate surface area is 192 Å². The zero-order valence-corrected chi connectivity index (χ0v) is 18.8. The molecule has 0 fully saturated rings. The van der Waals surface area contributed by atoms with Crippen LogP contribution in [0.25, 0.3) is 5.57 Å². The Balaban J connectivity index is 1.78. The number of sulfonamides is 1. The predicted octanol–water partition coefficient (Wildman–Crippen LogP) is 5.61. The highest BCUT2D eigenvalue weighted by atomic mass is 35.5. The quantitative estimate of drug-likeness (QED) is 0.375. The number of hydrogen-bond donors (Lipinski definition) is 2. The molecular weight excluding hydrogens is 448 g/mol. The summed E-state index contributed by atoms with van der Waals surface area (Å²) < 4.78 is 27.7. The molecule has 3 rings (SSSR count). The molecule has 0 saturated heterocycles. The maximum atomic E-state index is 12.6. The molecule has 0 radical (unpaired) electrons. The SMILES string of the molecule is O=C(O)CCCC/C=C(/c1ccc(NS(=O)(=O)c2ccc(Cl)cc2)cc1)c1cccnc1. The van der Waals surface area contributed by atoms with E-state index in [1.165, 1.54) is 24.3 Å². The maximum Gasteiger partial charge on any atom is 0.303 e. The summed E-state index contributed by atoms with van der Waals surface area (Å²) in [7, 11) is -3.72. The Hall–Kier alpha value is -3.16. The van der Waals surface area contributed by atoms with Crippen LogP contribution in [0.4, 0.5) is 5.69 Å². The van der Waals surface area contributed by atoms with Gasteiger partial charge in [0.1, 0.15) is 0 Å².